The van der Waals surface area contributed by atoms with Gasteiger partial charge in [0.2, 0.25) is 0 Å². The second-order valence-electron chi connectivity index (χ2n) is 5.65. The van der Waals surface area contributed by atoms with Crippen molar-refractivity contribution in [2.75, 3.05) is 40.0 Å². The van der Waals surface area contributed by atoms with Crippen LogP contribution in [0.3, 0.4) is 0 Å². The van der Waals surface area contributed by atoms with Gasteiger partial charge in [0.05, 0.1) is 18.1 Å². The van der Waals surface area contributed by atoms with Gasteiger partial charge in [-0.2, -0.15) is 0 Å². The Morgan fingerprint density at radius 3 is 2.68 bits per heavy atom. The summed E-state index contributed by atoms with van der Waals surface area (Å²) in [7, 11) is -2.45. The van der Waals surface area contributed by atoms with Crippen molar-refractivity contribution in [3.8, 4) is 0 Å². The Kier molecular flexibility index (Phi) is 4.82. The predicted octanol–water partition coefficient (Wildman–Crippen LogP) is 1.05. The molecule has 0 aromatic heterocycles. The molecule has 1 saturated heterocycles. The van der Waals surface area contributed by atoms with E-state index in [1.807, 2.05) is 0 Å². The maximum Gasteiger partial charge on any atom is 0.275 e. The molecular formula is C17H20N2O5S. The first-order valence-electron chi connectivity index (χ1n) is 7.92. The molecular weight excluding hydrogens is 344 g/mol. The molecule has 0 aliphatic carbocycles. The Balaban J connectivity index is 2.16. The lowest BCUT2D eigenvalue weighted by molar-refractivity contribution is -0.132. The summed E-state index contributed by atoms with van der Waals surface area (Å²) in [4.78, 5) is 14.7. The lowest BCUT2D eigenvalue weighted by Gasteiger charge is -2.34. The van der Waals surface area contributed by atoms with Crippen LogP contribution in [0.15, 0.2) is 47.5 Å². The van der Waals surface area contributed by atoms with Crippen molar-refractivity contribution in [2.24, 2.45) is 0 Å². The first-order chi connectivity index (χ1) is 12.0. The third-order valence-electron chi connectivity index (χ3n) is 4.15. The molecule has 25 heavy (non-hydrogen) atoms. The molecule has 0 atom stereocenters. The number of carbonyl (C=O) groups is 1. The Morgan fingerprint density at radius 1 is 1.32 bits per heavy atom. The summed E-state index contributed by atoms with van der Waals surface area (Å²) in [5.74, 6) is -0.132. The van der Waals surface area contributed by atoms with E-state index in [9.17, 15) is 13.2 Å². The summed E-state index contributed by atoms with van der Waals surface area (Å²) >= 11 is 0. The Bertz CT molecular complexity index is 825. The van der Waals surface area contributed by atoms with E-state index in [-0.39, 0.29) is 28.9 Å². The molecule has 2 aliphatic rings. The van der Waals surface area contributed by atoms with Gasteiger partial charge in [-0.25, -0.2) is 8.42 Å². The van der Waals surface area contributed by atoms with E-state index in [0.29, 0.717) is 31.9 Å². The monoisotopic (exact) mass is 364 g/mol. The highest BCUT2D eigenvalue weighted by molar-refractivity contribution is 7.89. The number of hydrogen-bond donors (Lipinski definition) is 0. The van der Waals surface area contributed by atoms with Gasteiger partial charge in [0, 0.05) is 25.7 Å². The van der Waals surface area contributed by atoms with Gasteiger partial charge in [0.1, 0.15) is 6.61 Å². The molecule has 0 N–H and O–H groups in total. The van der Waals surface area contributed by atoms with Crippen molar-refractivity contribution in [1.82, 2.24) is 9.21 Å². The summed E-state index contributed by atoms with van der Waals surface area (Å²) in [5, 5.41) is 0. The molecule has 2 aliphatic heterocycles. The molecule has 0 radical (unpaired) electrons. The van der Waals surface area contributed by atoms with Crippen LogP contribution in [0, 0.1) is 0 Å². The number of morpholine rings is 1. The van der Waals surface area contributed by atoms with Crippen LogP contribution in [-0.4, -0.2) is 63.5 Å². The van der Waals surface area contributed by atoms with Crippen LogP contribution < -0.4 is 0 Å². The molecule has 1 aromatic rings. The summed E-state index contributed by atoms with van der Waals surface area (Å²) in [6.07, 6.45) is 1.55. The van der Waals surface area contributed by atoms with E-state index in [2.05, 4.69) is 6.58 Å². The summed E-state index contributed by atoms with van der Waals surface area (Å²) in [6.45, 7) is 5.45. The normalized spacial score (nSPS) is 19.4. The number of sulfonamides is 1. The van der Waals surface area contributed by atoms with Crippen LogP contribution in [0.4, 0.5) is 0 Å². The van der Waals surface area contributed by atoms with E-state index >= 15 is 0 Å². The fourth-order valence-electron chi connectivity index (χ4n) is 2.85. The second-order valence-corrected chi connectivity index (χ2v) is 7.59. The van der Waals surface area contributed by atoms with E-state index in [4.69, 9.17) is 9.47 Å². The average Bonchev–Trinajstić information content (AvgIpc) is 2.64. The minimum absolute atomic E-state index is 0.0162. The maximum atomic E-state index is 13.0. The molecule has 0 saturated carbocycles. The van der Waals surface area contributed by atoms with Crippen molar-refractivity contribution in [3.05, 3.63) is 48.2 Å². The molecule has 8 heteroatoms. The zero-order chi connectivity index (χ0) is 18.0. The Labute approximate surface area is 147 Å². The predicted molar refractivity (Wildman–Crippen MR) is 91.9 cm³/mol. The Hall–Kier alpha value is -2.32. The molecule has 2 heterocycles. The third-order valence-corrected chi connectivity index (χ3v) is 5.96. The van der Waals surface area contributed by atoms with Gasteiger partial charge in [-0.3, -0.25) is 9.10 Å². The van der Waals surface area contributed by atoms with Crippen molar-refractivity contribution in [2.45, 2.75) is 4.90 Å². The lowest BCUT2D eigenvalue weighted by atomic mass is 10.1. The van der Waals surface area contributed by atoms with Gasteiger partial charge in [-0.1, -0.05) is 24.8 Å². The Morgan fingerprint density at radius 2 is 2.00 bits per heavy atom. The van der Waals surface area contributed by atoms with Crippen molar-refractivity contribution in [3.63, 3.8) is 0 Å². The molecule has 7 nitrogen and oxygen atoms in total. The minimum atomic E-state index is -3.82. The number of benzene rings is 1. The third kappa shape index (κ3) is 3.03. The van der Waals surface area contributed by atoms with Gasteiger partial charge in [0.25, 0.3) is 15.9 Å². The van der Waals surface area contributed by atoms with E-state index in [0.717, 1.165) is 4.31 Å². The topological polar surface area (TPSA) is 76.2 Å². The zero-order valence-corrected chi connectivity index (χ0v) is 14.8. The van der Waals surface area contributed by atoms with Gasteiger partial charge < -0.3 is 14.4 Å². The molecule has 3 rings (SSSR count). The number of hydrogen-bond acceptors (Lipinski definition) is 5. The van der Waals surface area contributed by atoms with Crippen molar-refractivity contribution in [1.29, 1.82) is 0 Å². The maximum absolute atomic E-state index is 13.0. The molecule has 1 fully saturated rings. The van der Waals surface area contributed by atoms with Crippen molar-refractivity contribution < 1.29 is 22.7 Å². The summed E-state index contributed by atoms with van der Waals surface area (Å²) < 4.78 is 37.7. The highest BCUT2D eigenvalue weighted by atomic mass is 32.2. The number of carbonyl (C=O) groups excluding carboxylic acids is 1. The van der Waals surface area contributed by atoms with Crippen LogP contribution in [0.5, 0.6) is 0 Å². The smallest absolute Gasteiger partial charge is 0.275 e. The van der Waals surface area contributed by atoms with Crippen LogP contribution in [0.2, 0.25) is 0 Å². The lowest BCUT2D eigenvalue weighted by Crippen LogP contribution is -2.46. The summed E-state index contributed by atoms with van der Waals surface area (Å²) in [5.41, 5.74) is 0.404. The van der Waals surface area contributed by atoms with E-state index < -0.39 is 10.0 Å². The first-order valence-corrected chi connectivity index (χ1v) is 9.36. The highest BCUT2D eigenvalue weighted by Crippen LogP contribution is 2.37. The van der Waals surface area contributed by atoms with Crippen LogP contribution in [0.1, 0.15) is 5.56 Å². The van der Waals surface area contributed by atoms with Crippen LogP contribution in [0.25, 0.3) is 5.76 Å². The standard InChI is InChI=1S/C17H20N2O5S/c1-3-10-24-16-13-6-4-5-7-14(13)25(21,22)18(2)15(16)17(20)19-8-11-23-12-9-19/h3-7H,1,8-12H2,2H3. The zero-order valence-electron chi connectivity index (χ0n) is 14.0. The number of ether oxygens (including phenoxy) is 2. The van der Waals surface area contributed by atoms with E-state index in [1.54, 1.807) is 29.2 Å². The minimum Gasteiger partial charge on any atom is -0.486 e. The van der Waals surface area contributed by atoms with E-state index in [1.165, 1.54) is 13.1 Å². The number of rotatable bonds is 4. The largest absolute Gasteiger partial charge is 0.486 e. The molecule has 0 spiro atoms. The molecule has 1 amide bonds. The second kappa shape index (κ2) is 6.89. The molecule has 0 bridgehead atoms. The highest BCUT2D eigenvalue weighted by Gasteiger charge is 2.40. The summed E-state index contributed by atoms with van der Waals surface area (Å²) in [6, 6.07) is 6.51. The fraction of sp³-hybridized carbons (Fsp3) is 0.353. The number of amides is 1. The number of nitrogens with zero attached hydrogens (tertiary/aromatic N) is 2. The molecule has 134 valence electrons. The van der Waals surface area contributed by atoms with Crippen molar-refractivity contribution >= 4 is 21.7 Å². The first kappa shape index (κ1) is 17.5. The van der Waals surface area contributed by atoms with Gasteiger partial charge in [-0.05, 0) is 12.1 Å². The SMILES string of the molecule is C=CCOC1=C(C(=O)N2CCOCC2)N(C)S(=O)(=O)c2ccccc21. The van der Waals surface area contributed by atoms with Gasteiger partial charge in [-0.15, -0.1) is 0 Å². The number of likely N-dealkylation sites (N-methyl/N-ethyl adjacent to an activating group) is 1. The molecule has 0 unspecified atom stereocenters. The van der Waals surface area contributed by atoms with Gasteiger partial charge >= 0.3 is 0 Å². The molecule has 1 aromatic carbocycles. The van der Waals surface area contributed by atoms with Gasteiger partial charge in [0.15, 0.2) is 11.5 Å². The fourth-order valence-corrected chi connectivity index (χ4v) is 4.24. The van der Waals surface area contributed by atoms with Crippen LogP contribution in [-0.2, 0) is 24.3 Å². The van der Waals surface area contributed by atoms with Crippen LogP contribution >= 0.6 is 0 Å². The quantitative estimate of drug-likeness (QED) is 0.747. The number of fused-ring (bicyclic) bond motifs is 1. The average molecular weight is 364 g/mol.